The number of nitrogens with one attached hydrogen (secondary N) is 1. The second kappa shape index (κ2) is 7.19. The summed E-state index contributed by atoms with van der Waals surface area (Å²) in [6.07, 6.45) is 0. The summed E-state index contributed by atoms with van der Waals surface area (Å²) >= 11 is 1.75. The van der Waals surface area contributed by atoms with Crippen molar-refractivity contribution in [3.05, 3.63) is 53.1 Å². The number of hydrogen-bond acceptors (Lipinski definition) is 4. The summed E-state index contributed by atoms with van der Waals surface area (Å²) in [6.45, 7) is 9.28. The zero-order chi connectivity index (χ0) is 19.0. The van der Waals surface area contributed by atoms with Crippen molar-refractivity contribution in [1.29, 1.82) is 0 Å². The molecular formula is C21H24N4OS. The maximum Gasteiger partial charge on any atom is 0.321 e. The van der Waals surface area contributed by atoms with Crippen LogP contribution in [0.1, 0.15) is 16.7 Å². The first-order chi connectivity index (χ1) is 13.0. The van der Waals surface area contributed by atoms with Crippen molar-refractivity contribution in [2.75, 3.05) is 36.4 Å². The Hall–Kier alpha value is -2.60. The Balaban J connectivity index is 1.42. The summed E-state index contributed by atoms with van der Waals surface area (Å²) in [4.78, 5) is 21.6. The smallest absolute Gasteiger partial charge is 0.321 e. The molecule has 6 heteroatoms. The topological polar surface area (TPSA) is 48.5 Å². The molecule has 5 nitrogen and oxygen atoms in total. The van der Waals surface area contributed by atoms with E-state index < -0.39 is 0 Å². The molecule has 1 N–H and O–H groups in total. The maximum absolute atomic E-state index is 12.5. The van der Waals surface area contributed by atoms with E-state index in [2.05, 4.69) is 36.2 Å². The molecule has 1 saturated heterocycles. The molecule has 2 aromatic carbocycles. The SMILES string of the molecule is Cc1cccc(NC(=O)N2CCN(c3nc4c(C)ccc(C)c4s3)CC2)c1. The van der Waals surface area contributed by atoms with Crippen molar-refractivity contribution in [1.82, 2.24) is 9.88 Å². The number of fused-ring (bicyclic) bond motifs is 1. The standard InChI is InChI=1S/C21H24N4OS/c1-14-5-4-6-17(13-14)22-20(26)24-9-11-25(12-10-24)21-23-18-15(2)7-8-16(3)19(18)27-21/h4-8,13H,9-12H2,1-3H3,(H,22,26). The predicted octanol–water partition coefficient (Wildman–Crippen LogP) is 4.58. The van der Waals surface area contributed by atoms with Crippen LogP contribution in [0, 0.1) is 20.8 Å². The number of aryl methyl sites for hydroxylation is 3. The van der Waals surface area contributed by atoms with Crippen molar-refractivity contribution in [2.45, 2.75) is 20.8 Å². The molecule has 0 unspecified atom stereocenters. The summed E-state index contributed by atoms with van der Waals surface area (Å²) in [5, 5.41) is 4.06. The van der Waals surface area contributed by atoms with Crippen LogP contribution in [-0.2, 0) is 0 Å². The van der Waals surface area contributed by atoms with E-state index in [1.807, 2.05) is 36.1 Å². The van der Waals surface area contributed by atoms with Gasteiger partial charge in [-0.15, -0.1) is 0 Å². The number of aromatic nitrogens is 1. The summed E-state index contributed by atoms with van der Waals surface area (Å²) in [7, 11) is 0. The van der Waals surface area contributed by atoms with Crippen molar-refractivity contribution in [3.63, 3.8) is 0 Å². The fraction of sp³-hybridized carbons (Fsp3) is 0.333. The van der Waals surface area contributed by atoms with Gasteiger partial charge in [-0.1, -0.05) is 35.6 Å². The van der Waals surface area contributed by atoms with Gasteiger partial charge in [0.25, 0.3) is 0 Å². The molecule has 140 valence electrons. The minimum Gasteiger partial charge on any atom is -0.345 e. The summed E-state index contributed by atoms with van der Waals surface area (Å²) in [6, 6.07) is 12.2. The number of hydrogen-bond donors (Lipinski definition) is 1. The molecule has 1 aliphatic heterocycles. The van der Waals surface area contributed by atoms with Gasteiger partial charge in [0.2, 0.25) is 0 Å². The molecule has 0 atom stereocenters. The average molecular weight is 381 g/mol. The number of anilines is 2. The van der Waals surface area contributed by atoms with E-state index in [0.717, 1.165) is 35.0 Å². The highest BCUT2D eigenvalue weighted by atomic mass is 32.1. The lowest BCUT2D eigenvalue weighted by Crippen LogP contribution is -2.50. The van der Waals surface area contributed by atoms with E-state index in [1.54, 1.807) is 11.3 Å². The van der Waals surface area contributed by atoms with Crippen molar-refractivity contribution in [2.24, 2.45) is 0 Å². The number of rotatable bonds is 2. The molecule has 1 aliphatic rings. The quantitative estimate of drug-likeness (QED) is 0.708. The number of carbonyl (C=O) groups is 1. The van der Waals surface area contributed by atoms with Gasteiger partial charge in [0.15, 0.2) is 5.13 Å². The second-order valence-corrected chi connectivity index (χ2v) is 8.12. The predicted molar refractivity (Wildman–Crippen MR) is 113 cm³/mol. The number of piperazine rings is 1. The van der Waals surface area contributed by atoms with Crippen LogP contribution in [0.15, 0.2) is 36.4 Å². The molecule has 1 aromatic heterocycles. The van der Waals surface area contributed by atoms with Crippen molar-refractivity contribution < 1.29 is 4.79 Å². The Morgan fingerprint density at radius 1 is 1.04 bits per heavy atom. The summed E-state index contributed by atoms with van der Waals surface area (Å²) < 4.78 is 1.27. The average Bonchev–Trinajstić information content (AvgIpc) is 3.12. The Labute approximate surface area is 163 Å². The molecule has 0 aliphatic carbocycles. The summed E-state index contributed by atoms with van der Waals surface area (Å²) in [5.74, 6) is 0. The van der Waals surface area contributed by atoms with Gasteiger partial charge < -0.3 is 15.1 Å². The van der Waals surface area contributed by atoms with E-state index in [1.165, 1.54) is 15.8 Å². The Kier molecular flexibility index (Phi) is 4.74. The third kappa shape index (κ3) is 3.62. The molecule has 27 heavy (non-hydrogen) atoms. The molecule has 0 radical (unpaired) electrons. The number of urea groups is 1. The molecular weight excluding hydrogens is 356 g/mol. The van der Waals surface area contributed by atoms with Crippen LogP contribution in [0.4, 0.5) is 15.6 Å². The highest BCUT2D eigenvalue weighted by Crippen LogP contribution is 2.33. The van der Waals surface area contributed by atoms with Crippen LogP contribution in [0.2, 0.25) is 0 Å². The molecule has 2 amide bonds. The van der Waals surface area contributed by atoms with Crippen LogP contribution in [0.3, 0.4) is 0 Å². The van der Waals surface area contributed by atoms with Crippen molar-refractivity contribution in [3.8, 4) is 0 Å². The number of amides is 2. The fourth-order valence-corrected chi connectivity index (χ4v) is 4.57. The van der Waals surface area contributed by atoms with Gasteiger partial charge in [-0.05, 0) is 49.6 Å². The highest BCUT2D eigenvalue weighted by molar-refractivity contribution is 7.22. The van der Waals surface area contributed by atoms with E-state index in [0.29, 0.717) is 13.1 Å². The second-order valence-electron chi connectivity index (χ2n) is 7.15. The summed E-state index contributed by atoms with van der Waals surface area (Å²) in [5.41, 5.74) is 5.58. The molecule has 3 aromatic rings. The van der Waals surface area contributed by atoms with Crippen molar-refractivity contribution >= 4 is 38.4 Å². The van der Waals surface area contributed by atoms with Gasteiger partial charge in [-0.25, -0.2) is 9.78 Å². The Morgan fingerprint density at radius 3 is 2.48 bits per heavy atom. The largest absolute Gasteiger partial charge is 0.345 e. The number of carbonyl (C=O) groups excluding carboxylic acids is 1. The molecule has 0 bridgehead atoms. The van der Waals surface area contributed by atoms with Gasteiger partial charge in [0, 0.05) is 31.9 Å². The number of benzene rings is 2. The van der Waals surface area contributed by atoms with Gasteiger partial charge in [-0.2, -0.15) is 0 Å². The monoisotopic (exact) mass is 380 g/mol. The normalized spacial score (nSPS) is 14.6. The maximum atomic E-state index is 12.5. The molecule has 1 fully saturated rings. The van der Waals surface area contributed by atoms with E-state index in [9.17, 15) is 4.79 Å². The van der Waals surface area contributed by atoms with E-state index in [4.69, 9.17) is 4.98 Å². The fourth-order valence-electron chi connectivity index (χ4n) is 3.41. The molecule has 4 rings (SSSR count). The first-order valence-corrected chi connectivity index (χ1v) is 10.1. The lowest BCUT2D eigenvalue weighted by atomic mass is 10.1. The molecule has 2 heterocycles. The zero-order valence-corrected chi connectivity index (χ0v) is 16.8. The molecule has 0 saturated carbocycles. The Bertz CT molecular complexity index is 950. The van der Waals surface area contributed by atoms with Crippen LogP contribution in [0.5, 0.6) is 0 Å². The number of nitrogens with zero attached hydrogens (tertiary/aromatic N) is 3. The Morgan fingerprint density at radius 2 is 1.78 bits per heavy atom. The minimum absolute atomic E-state index is 0.0313. The highest BCUT2D eigenvalue weighted by Gasteiger charge is 2.23. The van der Waals surface area contributed by atoms with Gasteiger partial charge in [-0.3, -0.25) is 0 Å². The first kappa shape index (κ1) is 17.8. The van der Waals surface area contributed by atoms with Crippen LogP contribution in [-0.4, -0.2) is 42.1 Å². The lowest BCUT2D eigenvalue weighted by Gasteiger charge is -2.34. The third-order valence-corrected chi connectivity index (χ3v) is 6.29. The van der Waals surface area contributed by atoms with Gasteiger partial charge >= 0.3 is 6.03 Å². The number of thiazole rings is 1. The van der Waals surface area contributed by atoms with Gasteiger partial charge in [0.05, 0.1) is 10.2 Å². The zero-order valence-electron chi connectivity index (χ0n) is 16.0. The molecule has 0 spiro atoms. The van der Waals surface area contributed by atoms with Crippen LogP contribution < -0.4 is 10.2 Å². The van der Waals surface area contributed by atoms with E-state index >= 15 is 0 Å². The minimum atomic E-state index is -0.0313. The van der Waals surface area contributed by atoms with Crippen LogP contribution in [0.25, 0.3) is 10.2 Å². The first-order valence-electron chi connectivity index (χ1n) is 9.25. The van der Waals surface area contributed by atoms with Gasteiger partial charge in [0.1, 0.15) is 0 Å². The van der Waals surface area contributed by atoms with Crippen LogP contribution >= 0.6 is 11.3 Å². The lowest BCUT2D eigenvalue weighted by molar-refractivity contribution is 0.208. The third-order valence-electron chi connectivity index (χ3n) is 5.04. The van der Waals surface area contributed by atoms with E-state index in [-0.39, 0.29) is 6.03 Å².